The molecule has 1 N–H and O–H groups in total. The third-order valence-electron chi connectivity index (χ3n) is 5.37. The number of anilines is 1. The van der Waals surface area contributed by atoms with Crippen molar-refractivity contribution >= 4 is 17.5 Å². The zero-order valence-electron chi connectivity index (χ0n) is 17.6. The van der Waals surface area contributed by atoms with Crippen molar-refractivity contribution in [3.05, 3.63) is 59.7 Å². The minimum atomic E-state index is -0.548. The number of nitrogens with zero attached hydrogens (tertiary/aromatic N) is 1. The molecule has 1 heterocycles. The lowest BCUT2D eigenvalue weighted by molar-refractivity contribution is -0.125. The van der Waals surface area contributed by atoms with Gasteiger partial charge in [-0.2, -0.15) is 0 Å². The zero-order valence-corrected chi connectivity index (χ0v) is 17.6. The molecule has 154 valence electrons. The second-order valence-corrected chi connectivity index (χ2v) is 7.85. The summed E-state index contributed by atoms with van der Waals surface area (Å²) in [5, 5.41) is 3.15. The van der Waals surface area contributed by atoms with E-state index in [4.69, 9.17) is 4.74 Å². The van der Waals surface area contributed by atoms with E-state index < -0.39 is 6.10 Å². The van der Waals surface area contributed by atoms with Crippen LogP contribution >= 0.6 is 0 Å². The monoisotopic (exact) mass is 394 g/mol. The molecule has 2 atom stereocenters. The van der Waals surface area contributed by atoms with Crippen LogP contribution in [0.1, 0.15) is 51.3 Å². The first-order valence-corrected chi connectivity index (χ1v) is 10.4. The van der Waals surface area contributed by atoms with Crippen molar-refractivity contribution in [1.82, 2.24) is 5.32 Å². The molecule has 0 saturated heterocycles. The Morgan fingerprint density at radius 1 is 1.14 bits per heavy atom. The van der Waals surface area contributed by atoms with Gasteiger partial charge in [0.1, 0.15) is 5.75 Å². The van der Waals surface area contributed by atoms with Gasteiger partial charge in [-0.25, -0.2) is 0 Å². The summed E-state index contributed by atoms with van der Waals surface area (Å²) >= 11 is 0. The van der Waals surface area contributed by atoms with Gasteiger partial charge in [0, 0.05) is 13.0 Å². The highest BCUT2D eigenvalue weighted by atomic mass is 16.5. The fraction of sp³-hybridized carbons (Fsp3) is 0.417. The lowest BCUT2D eigenvalue weighted by Gasteiger charge is -2.33. The molecule has 0 aromatic heterocycles. The number of fused-ring (bicyclic) bond motifs is 1. The van der Waals surface area contributed by atoms with Crippen LogP contribution in [0.15, 0.2) is 48.5 Å². The average molecular weight is 395 g/mol. The van der Waals surface area contributed by atoms with Crippen molar-refractivity contribution in [2.45, 2.75) is 52.7 Å². The Morgan fingerprint density at radius 2 is 1.83 bits per heavy atom. The van der Waals surface area contributed by atoms with E-state index >= 15 is 0 Å². The molecule has 2 unspecified atom stereocenters. The molecule has 0 fully saturated rings. The predicted octanol–water partition coefficient (Wildman–Crippen LogP) is 4.27. The molecule has 5 nitrogen and oxygen atoms in total. The molecule has 0 spiro atoms. The van der Waals surface area contributed by atoms with Gasteiger partial charge in [0.25, 0.3) is 5.91 Å². The van der Waals surface area contributed by atoms with Crippen LogP contribution in [0.2, 0.25) is 0 Å². The number of carbonyl (C=O) groups is 2. The topological polar surface area (TPSA) is 58.6 Å². The summed E-state index contributed by atoms with van der Waals surface area (Å²) in [6.07, 6.45) is 0.684. The first kappa shape index (κ1) is 20.9. The summed E-state index contributed by atoms with van der Waals surface area (Å²) in [6.45, 7) is 8.39. The second-order valence-electron chi connectivity index (χ2n) is 7.85. The fourth-order valence-corrected chi connectivity index (χ4v) is 3.64. The van der Waals surface area contributed by atoms with Crippen LogP contribution in [0.25, 0.3) is 0 Å². The van der Waals surface area contributed by atoms with Crippen LogP contribution in [-0.4, -0.2) is 24.5 Å². The maximum absolute atomic E-state index is 12.7. The van der Waals surface area contributed by atoms with E-state index in [0.29, 0.717) is 12.3 Å². The number of rotatable bonds is 7. The molecule has 0 saturated carbocycles. The third kappa shape index (κ3) is 4.78. The van der Waals surface area contributed by atoms with Gasteiger partial charge in [0.05, 0.1) is 11.7 Å². The van der Waals surface area contributed by atoms with Gasteiger partial charge in [-0.1, -0.05) is 57.2 Å². The summed E-state index contributed by atoms with van der Waals surface area (Å²) < 4.78 is 5.66. The van der Waals surface area contributed by atoms with Crippen molar-refractivity contribution in [2.24, 2.45) is 5.92 Å². The Labute approximate surface area is 173 Å². The maximum atomic E-state index is 12.7. The van der Waals surface area contributed by atoms with Crippen LogP contribution in [0, 0.1) is 5.92 Å². The maximum Gasteiger partial charge on any atom is 0.267 e. The molecule has 5 heteroatoms. The summed E-state index contributed by atoms with van der Waals surface area (Å²) in [6, 6.07) is 15.8. The van der Waals surface area contributed by atoms with Gasteiger partial charge in [-0.3, -0.25) is 9.59 Å². The number of para-hydroxylation sites is 2. The standard InChI is InChI=1S/C24H30N2O3/c1-5-18-10-12-19(13-11-18)23(16(2)3)25-22(27)14-15-26-20-8-6-7-9-21(20)29-17(4)24(26)28/h6-13,16-17,23H,5,14-15H2,1-4H3,(H,25,27). The van der Waals surface area contributed by atoms with Gasteiger partial charge in [-0.05, 0) is 42.5 Å². The molecule has 2 amide bonds. The van der Waals surface area contributed by atoms with Crippen molar-refractivity contribution in [2.75, 3.05) is 11.4 Å². The molecule has 0 bridgehead atoms. The first-order valence-electron chi connectivity index (χ1n) is 10.4. The zero-order chi connectivity index (χ0) is 21.0. The van der Waals surface area contributed by atoms with E-state index in [0.717, 1.165) is 17.7 Å². The third-order valence-corrected chi connectivity index (χ3v) is 5.37. The molecule has 2 aromatic rings. The number of aryl methyl sites for hydroxylation is 1. The Kier molecular flexibility index (Phi) is 6.57. The van der Waals surface area contributed by atoms with Crippen molar-refractivity contribution in [3.63, 3.8) is 0 Å². The van der Waals surface area contributed by atoms with Crippen LogP contribution in [-0.2, 0) is 16.0 Å². The number of hydrogen-bond donors (Lipinski definition) is 1. The number of benzene rings is 2. The van der Waals surface area contributed by atoms with Crippen LogP contribution in [0.4, 0.5) is 5.69 Å². The summed E-state index contributed by atoms with van der Waals surface area (Å²) in [5.74, 6) is 0.757. The quantitative estimate of drug-likeness (QED) is 0.763. The fourth-order valence-electron chi connectivity index (χ4n) is 3.64. The predicted molar refractivity (Wildman–Crippen MR) is 115 cm³/mol. The Bertz CT molecular complexity index is 861. The Balaban J connectivity index is 1.67. The molecular formula is C24H30N2O3. The Hall–Kier alpha value is -2.82. The van der Waals surface area contributed by atoms with E-state index in [-0.39, 0.29) is 30.2 Å². The summed E-state index contributed by atoms with van der Waals surface area (Å²) in [7, 11) is 0. The van der Waals surface area contributed by atoms with E-state index in [1.165, 1.54) is 5.56 Å². The highest BCUT2D eigenvalue weighted by Gasteiger charge is 2.31. The molecule has 1 aliphatic rings. The van der Waals surface area contributed by atoms with Gasteiger partial charge < -0.3 is 15.0 Å². The molecular weight excluding hydrogens is 364 g/mol. The Morgan fingerprint density at radius 3 is 2.48 bits per heavy atom. The van der Waals surface area contributed by atoms with Crippen LogP contribution in [0.5, 0.6) is 5.75 Å². The molecule has 1 aliphatic heterocycles. The SMILES string of the molecule is CCc1ccc(C(NC(=O)CCN2C(=O)C(C)Oc3ccccc32)C(C)C)cc1. The van der Waals surface area contributed by atoms with Crippen molar-refractivity contribution < 1.29 is 14.3 Å². The molecule has 29 heavy (non-hydrogen) atoms. The number of carbonyl (C=O) groups excluding carboxylic acids is 2. The highest BCUT2D eigenvalue weighted by Crippen LogP contribution is 2.33. The lowest BCUT2D eigenvalue weighted by Crippen LogP contribution is -2.46. The average Bonchev–Trinajstić information content (AvgIpc) is 2.72. The van der Waals surface area contributed by atoms with E-state index in [1.54, 1.807) is 11.8 Å². The van der Waals surface area contributed by atoms with Crippen molar-refractivity contribution in [1.29, 1.82) is 0 Å². The number of nitrogens with one attached hydrogen (secondary N) is 1. The first-order chi connectivity index (χ1) is 13.9. The molecule has 3 rings (SSSR count). The highest BCUT2D eigenvalue weighted by molar-refractivity contribution is 6.00. The van der Waals surface area contributed by atoms with Crippen LogP contribution in [0.3, 0.4) is 0 Å². The largest absolute Gasteiger partial charge is 0.479 e. The smallest absolute Gasteiger partial charge is 0.267 e. The van der Waals surface area contributed by atoms with Gasteiger partial charge >= 0.3 is 0 Å². The van der Waals surface area contributed by atoms with Gasteiger partial charge in [0.15, 0.2) is 6.10 Å². The molecule has 0 radical (unpaired) electrons. The van der Waals surface area contributed by atoms with E-state index in [2.05, 4.69) is 50.4 Å². The number of amides is 2. The lowest BCUT2D eigenvalue weighted by atomic mass is 9.94. The normalized spacial score (nSPS) is 16.9. The molecule has 0 aliphatic carbocycles. The minimum absolute atomic E-state index is 0.0555. The summed E-state index contributed by atoms with van der Waals surface area (Å²) in [5.41, 5.74) is 3.10. The van der Waals surface area contributed by atoms with Gasteiger partial charge in [0.2, 0.25) is 5.91 Å². The second kappa shape index (κ2) is 9.12. The number of hydrogen-bond acceptors (Lipinski definition) is 3. The van der Waals surface area contributed by atoms with Gasteiger partial charge in [-0.15, -0.1) is 0 Å². The molecule has 2 aromatic carbocycles. The minimum Gasteiger partial charge on any atom is -0.479 e. The number of ether oxygens (including phenoxy) is 1. The van der Waals surface area contributed by atoms with Crippen molar-refractivity contribution in [3.8, 4) is 5.75 Å². The van der Waals surface area contributed by atoms with Crippen LogP contribution < -0.4 is 15.0 Å². The van der Waals surface area contributed by atoms with E-state index in [9.17, 15) is 9.59 Å². The summed E-state index contributed by atoms with van der Waals surface area (Å²) in [4.78, 5) is 27.0. The van der Waals surface area contributed by atoms with E-state index in [1.807, 2.05) is 24.3 Å².